The van der Waals surface area contributed by atoms with Gasteiger partial charge < -0.3 is 9.64 Å². The van der Waals surface area contributed by atoms with Crippen LogP contribution >= 0.6 is 11.3 Å². The Hall–Kier alpha value is -2.45. The van der Waals surface area contributed by atoms with Gasteiger partial charge in [0.1, 0.15) is 11.3 Å². The topological polar surface area (TPSA) is 63.5 Å². The lowest BCUT2D eigenvalue weighted by Gasteiger charge is -2.21. The van der Waals surface area contributed by atoms with Crippen LogP contribution in [0.2, 0.25) is 0 Å². The molecule has 0 aliphatic carbocycles. The summed E-state index contributed by atoms with van der Waals surface area (Å²) in [5.74, 6) is 0.592. The molecule has 2 aromatic heterocycles. The normalized spacial score (nSPS) is 11.3. The predicted molar refractivity (Wildman–Crippen MR) is 104 cm³/mol. The molecule has 0 saturated heterocycles. The molecule has 0 spiro atoms. The summed E-state index contributed by atoms with van der Waals surface area (Å²) in [6.45, 7) is 3.78. The molecule has 0 unspecified atom stereocenters. The van der Waals surface area contributed by atoms with E-state index in [2.05, 4.69) is 5.10 Å². The molecule has 3 aromatic rings. The Morgan fingerprint density at radius 3 is 2.73 bits per heavy atom. The van der Waals surface area contributed by atoms with Crippen LogP contribution in [0.4, 0.5) is 5.13 Å². The molecular formula is C18H23N5O2S. The molecule has 138 valence electrons. The Labute approximate surface area is 156 Å². The molecule has 0 saturated carbocycles. The number of amides is 1. The highest BCUT2D eigenvalue weighted by molar-refractivity contribution is 7.22. The molecule has 3 rings (SSSR count). The maximum absolute atomic E-state index is 13.0. The number of thiazole rings is 1. The largest absolute Gasteiger partial charge is 0.492 e. The quantitative estimate of drug-likeness (QED) is 0.637. The number of fused-ring (bicyclic) bond motifs is 1. The summed E-state index contributed by atoms with van der Waals surface area (Å²) in [6.07, 6.45) is 1.77. The van der Waals surface area contributed by atoms with E-state index in [0.29, 0.717) is 24.0 Å². The predicted octanol–water partition coefficient (Wildman–Crippen LogP) is 2.64. The molecule has 0 aliphatic heterocycles. The second-order valence-corrected chi connectivity index (χ2v) is 7.18. The van der Waals surface area contributed by atoms with Crippen LogP contribution in [0.15, 0.2) is 30.5 Å². The van der Waals surface area contributed by atoms with Gasteiger partial charge in [0.15, 0.2) is 10.8 Å². The summed E-state index contributed by atoms with van der Waals surface area (Å²) in [5, 5.41) is 4.91. The van der Waals surface area contributed by atoms with Crippen molar-refractivity contribution in [3.05, 3.63) is 36.2 Å². The van der Waals surface area contributed by atoms with E-state index < -0.39 is 0 Å². The van der Waals surface area contributed by atoms with Gasteiger partial charge in [-0.1, -0.05) is 17.4 Å². The number of anilines is 1. The number of hydrogen-bond donors (Lipinski definition) is 0. The highest BCUT2D eigenvalue weighted by Crippen LogP contribution is 2.34. The van der Waals surface area contributed by atoms with E-state index >= 15 is 0 Å². The lowest BCUT2D eigenvalue weighted by atomic mass is 10.3. The van der Waals surface area contributed by atoms with E-state index in [-0.39, 0.29) is 5.91 Å². The molecule has 0 fully saturated rings. The first-order valence-electron chi connectivity index (χ1n) is 8.48. The average molecular weight is 373 g/mol. The van der Waals surface area contributed by atoms with E-state index in [1.54, 1.807) is 28.9 Å². The van der Waals surface area contributed by atoms with Crippen molar-refractivity contribution in [2.75, 3.05) is 38.7 Å². The zero-order valence-corrected chi connectivity index (χ0v) is 16.3. The summed E-state index contributed by atoms with van der Waals surface area (Å²) in [6, 6.07) is 7.57. The molecule has 7 nitrogen and oxygen atoms in total. The summed E-state index contributed by atoms with van der Waals surface area (Å²) in [7, 11) is 5.76. The van der Waals surface area contributed by atoms with Crippen LogP contribution < -0.4 is 9.64 Å². The van der Waals surface area contributed by atoms with Gasteiger partial charge >= 0.3 is 0 Å². The van der Waals surface area contributed by atoms with Crippen molar-refractivity contribution in [2.24, 2.45) is 7.05 Å². The van der Waals surface area contributed by atoms with Gasteiger partial charge in [0.2, 0.25) is 0 Å². The summed E-state index contributed by atoms with van der Waals surface area (Å²) in [5.41, 5.74) is 1.20. The fourth-order valence-corrected chi connectivity index (χ4v) is 3.56. The molecule has 0 radical (unpaired) electrons. The molecule has 0 N–H and O–H groups in total. The Balaban J connectivity index is 1.99. The minimum absolute atomic E-state index is 0.149. The monoisotopic (exact) mass is 373 g/mol. The second-order valence-electron chi connectivity index (χ2n) is 6.17. The van der Waals surface area contributed by atoms with Crippen molar-refractivity contribution in [3.63, 3.8) is 0 Å². The number of carbonyl (C=O) groups excluding carboxylic acids is 1. The third-order valence-electron chi connectivity index (χ3n) is 3.85. The minimum atomic E-state index is -0.149. The fraction of sp³-hybridized carbons (Fsp3) is 0.389. The lowest BCUT2D eigenvalue weighted by molar-refractivity contribution is 0.0979. The van der Waals surface area contributed by atoms with Crippen LogP contribution in [-0.4, -0.2) is 59.4 Å². The number of likely N-dealkylation sites (N-methyl/N-ethyl adjacent to an activating group) is 1. The third-order valence-corrected chi connectivity index (χ3v) is 4.89. The number of ether oxygens (including phenoxy) is 1. The molecule has 2 heterocycles. The number of carbonyl (C=O) groups is 1. The number of rotatable bonds is 7. The maximum atomic E-state index is 13.0. The SMILES string of the molecule is CCOc1cccc2sc(N(CCN(C)C)C(=O)c3ccn(C)n3)nc12. The van der Waals surface area contributed by atoms with Gasteiger partial charge in [-0.05, 0) is 39.2 Å². The van der Waals surface area contributed by atoms with Gasteiger partial charge in [0, 0.05) is 26.3 Å². The maximum Gasteiger partial charge on any atom is 0.280 e. The standard InChI is InChI=1S/C18H23N5O2S/c1-5-25-14-7-6-8-15-16(14)19-18(26-15)23(12-11-21(2)3)17(24)13-9-10-22(4)20-13/h6-10H,5,11-12H2,1-4H3. The number of benzene rings is 1. The van der Waals surface area contributed by atoms with Crippen molar-refractivity contribution in [1.29, 1.82) is 0 Å². The van der Waals surface area contributed by atoms with Crippen molar-refractivity contribution in [1.82, 2.24) is 19.7 Å². The Kier molecular flexibility index (Phi) is 5.53. The molecule has 1 amide bonds. The zero-order chi connectivity index (χ0) is 18.7. The summed E-state index contributed by atoms with van der Waals surface area (Å²) >= 11 is 1.49. The zero-order valence-electron chi connectivity index (χ0n) is 15.5. The van der Waals surface area contributed by atoms with Gasteiger partial charge in [-0.15, -0.1) is 0 Å². The number of hydrogen-bond acceptors (Lipinski definition) is 6. The van der Waals surface area contributed by atoms with Gasteiger partial charge in [-0.2, -0.15) is 5.10 Å². The van der Waals surface area contributed by atoms with E-state index in [0.717, 1.165) is 22.5 Å². The number of para-hydroxylation sites is 1. The van der Waals surface area contributed by atoms with Gasteiger partial charge in [0.25, 0.3) is 5.91 Å². The summed E-state index contributed by atoms with van der Waals surface area (Å²) < 4.78 is 8.30. The van der Waals surface area contributed by atoms with Crippen LogP contribution in [-0.2, 0) is 7.05 Å². The number of nitrogens with zero attached hydrogens (tertiary/aromatic N) is 5. The van der Waals surface area contributed by atoms with Gasteiger partial charge in [0.05, 0.1) is 11.3 Å². The van der Waals surface area contributed by atoms with Gasteiger partial charge in [-0.25, -0.2) is 4.98 Å². The lowest BCUT2D eigenvalue weighted by Crippen LogP contribution is -2.37. The molecule has 0 bridgehead atoms. The van der Waals surface area contributed by atoms with Gasteiger partial charge in [-0.3, -0.25) is 14.4 Å². The van der Waals surface area contributed by atoms with Crippen LogP contribution in [0.25, 0.3) is 10.2 Å². The molecular weight excluding hydrogens is 350 g/mol. The van der Waals surface area contributed by atoms with Crippen molar-refractivity contribution in [2.45, 2.75) is 6.92 Å². The Morgan fingerprint density at radius 2 is 2.08 bits per heavy atom. The van der Waals surface area contributed by atoms with E-state index in [1.807, 2.05) is 44.1 Å². The molecule has 0 aliphatic rings. The van der Waals surface area contributed by atoms with E-state index in [1.165, 1.54) is 11.3 Å². The average Bonchev–Trinajstić information content (AvgIpc) is 3.21. The number of aromatic nitrogens is 3. The molecule has 26 heavy (non-hydrogen) atoms. The van der Waals surface area contributed by atoms with Crippen molar-refractivity contribution in [3.8, 4) is 5.75 Å². The first kappa shape index (κ1) is 18.3. The summed E-state index contributed by atoms with van der Waals surface area (Å²) in [4.78, 5) is 21.5. The highest BCUT2D eigenvalue weighted by atomic mass is 32.1. The first-order valence-corrected chi connectivity index (χ1v) is 9.30. The van der Waals surface area contributed by atoms with E-state index in [9.17, 15) is 4.79 Å². The Morgan fingerprint density at radius 1 is 1.27 bits per heavy atom. The Bertz CT molecular complexity index is 902. The van der Waals surface area contributed by atoms with Crippen LogP contribution in [0.5, 0.6) is 5.75 Å². The first-order chi connectivity index (χ1) is 12.5. The third kappa shape index (κ3) is 3.86. The highest BCUT2D eigenvalue weighted by Gasteiger charge is 2.23. The van der Waals surface area contributed by atoms with Crippen LogP contribution in [0.3, 0.4) is 0 Å². The van der Waals surface area contributed by atoms with Crippen LogP contribution in [0, 0.1) is 0 Å². The van der Waals surface area contributed by atoms with Crippen molar-refractivity contribution >= 4 is 32.6 Å². The van der Waals surface area contributed by atoms with Crippen LogP contribution in [0.1, 0.15) is 17.4 Å². The van der Waals surface area contributed by atoms with Crippen molar-refractivity contribution < 1.29 is 9.53 Å². The molecule has 0 atom stereocenters. The minimum Gasteiger partial charge on any atom is -0.492 e. The smallest absolute Gasteiger partial charge is 0.280 e. The second kappa shape index (κ2) is 7.84. The number of aryl methyl sites for hydroxylation is 1. The fourth-order valence-electron chi connectivity index (χ4n) is 2.55. The molecule has 1 aromatic carbocycles. The molecule has 8 heteroatoms. The van der Waals surface area contributed by atoms with E-state index in [4.69, 9.17) is 9.72 Å².